The Morgan fingerprint density at radius 2 is 1.76 bits per heavy atom. The van der Waals surface area contributed by atoms with Gasteiger partial charge in [-0.2, -0.15) is 0 Å². The van der Waals surface area contributed by atoms with Crippen LogP contribution in [0.5, 0.6) is 0 Å². The minimum absolute atomic E-state index is 0.0527. The Labute approximate surface area is 134 Å². The molecule has 1 unspecified atom stereocenters. The largest absolute Gasteiger partial charge is 0.229 e. The number of sulfonamides is 1. The second kappa shape index (κ2) is 6.76. The van der Waals surface area contributed by atoms with Crippen LogP contribution in [0.4, 0.5) is 0 Å². The molecule has 1 atom stereocenters. The summed E-state index contributed by atoms with van der Waals surface area (Å²) in [6.45, 7) is 0. The Kier molecular flexibility index (Phi) is 5.45. The van der Waals surface area contributed by atoms with Crippen molar-refractivity contribution in [2.24, 2.45) is 0 Å². The first-order valence-electron chi connectivity index (χ1n) is 6.66. The predicted octanol–water partition coefficient (Wildman–Crippen LogP) is 1.62. The van der Waals surface area contributed by atoms with Crippen molar-refractivity contribution in [1.82, 2.24) is 4.72 Å². The van der Waals surface area contributed by atoms with Gasteiger partial charge >= 0.3 is 0 Å². The van der Waals surface area contributed by atoms with Crippen LogP contribution >= 0.6 is 15.9 Å². The van der Waals surface area contributed by atoms with Gasteiger partial charge in [-0.1, -0.05) is 46.3 Å². The van der Waals surface area contributed by atoms with Crippen molar-refractivity contribution < 1.29 is 16.8 Å². The second-order valence-corrected chi connectivity index (χ2v) is 10.1. The second-order valence-electron chi connectivity index (χ2n) is 5.13. The molecule has 2 rings (SSSR count). The maximum Gasteiger partial charge on any atom is 0.215 e. The van der Waals surface area contributed by atoms with Crippen molar-refractivity contribution in [3.8, 4) is 0 Å². The van der Waals surface area contributed by atoms with Gasteiger partial charge in [-0.25, -0.2) is 21.6 Å². The Bertz CT molecular complexity index is 659. The van der Waals surface area contributed by atoms with Crippen molar-refractivity contribution >= 4 is 35.8 Å². The maximum atomic E-state index is 12.4. The summed E-state index contributed by atoms with van der Waals surface area (Å²) in [4.78, 5) is 0. The van der Waals surface area contributed by atoms with Crippen LogP contribution in [0.25, 0.3) is 0 Å². The molecule has 0 radical (unpaired) electrons. The number of rotatable bonds is 5. The molecule has 1 aromatic carbocycles. The molecule has 0 spiro atoms. The quantitative estimate of drug-likeness (QED) is 0.767. The van der Waals surface area contributed by atoms with Gasteiger partial charge in [0.25, 0.3) is 0 Å². The first kappa shape index (κ1) is 16.9. The highest BCUT2D eigenvalue weighted by molar-refractivity contribution is 9.09. The first-order valence-corrected chi connectivity index (χ1v) is 11.2. The van der Waals surface area contributed by atoms with Crippen LogP contribution in [0.1, 0.15) is 24.4 Å². The van der Waals surface area contributed by atoms with Crippen LogP contribution in [0.15, 0.2) is 30.3 Å². The fourth-order valence-corrected chi connectivity index (χ4v) is 6.55. The third-order valence-electron chi connectivity index (χ3n) is 3.60. The van der Waals surface area contributed by atoms with Gasteiger partial charge in [0, 0.05) is 5.33 Å². The number of nitrogens with one attached hydrogen (secondary N) is 1. The van der Waals surface area contributed by atoms with Crippen LogP contribution < -0.4 is 4.72 Å². The topological polar surface area (TPSA) is 80.3 Å². The smallest absolute Gasteiger partial charge is 0.215 e. The summed E-state index contributed by atoms with van der Waals surface area (Å²) >= 11 is 3.32. The van der Waals surface area contributed by atoms with Gasteiger partial charge in [0.15, 0.2) is 0 Å². The molecule has 0 saturated carbocycles. The molecule has 0 aromatic heterocycles. The molecule has 8 heteroatoms. The minimum Gasteiger partial charge on any atom is -0.229 e. The lowest BCUT2D eigenvalue weighted by atomic mass is 10.1. The van der Waals surface area contributed by atoms with E-state index in [9.17, 15) is 16.8 Å². The fourth-order valence-electron chi connectivity index (χ4n) is 2.35. The number of sulfone groups is 1. The average molecular weight is 396 g/mol. The van der Waals surface area contributed by atoms with E-state index in [-0.39, 0.29) is 30.4 Å². The standard InChI is InChI=1S/C13H18BrNO4S2/c14-10-13(11-4-2-1-3-5-11)15-21(18,19)12-6-8-20(16,17)9-7-12/h1-5,12-13,15H,6-10H2. The van der Waals surface area contributed by atoms with Crippen LogP contribution in [-0.4, -0.2) is 38.9 Å². The molecule has 0 amide bonds. The van der Waals surface area contributed by atoms with Gasteiger partial charge in [-0.05, 0) is 18.4 Å². The zero-order chi connectivity index (χ0) is 15.5. The molecule has 1 aliphatic rings. The summed E-state index contributed by atoms with van der Waals surface area (Å²) in [5.41, 5.74) is 0.876. The van der Waals surface area contributed by atoms with E-state index in [0.717, 1.165) is 5.56 Å². The van der Waals surface area contributed by atoms with E-state index < -0.39 is 25.1 Å². The highest BCUT2D eigenvalue weighted by Gasteiger charge is 2.34. The number of alkyl halides is 1. The molecule has 1 heterocycles. The SMILES string of the molecule is O=S1(=O)CCC(S(=O)(=O)NC(CBr)c2ccccc2)CC1. The van der Waals surface area contributed by atoms with E-state index in [1.165, 1.54) is 0 Å². The van der Waals surface area contributed by atoms with Gasteiger partial charge in [0.1, 0.15) is 9.84 Å². The lowest BCUT2D eigenvalue weighted by Crippen LogP contribution is -2.41. The number of halogens is 1. The summed E-state index contributed by atoms with van der Waals surface area (Å²) in [6, 6.07) is 8.95. The lowest BCUT2D eigenvalue weighted by Gasteiger charge is -2.25. The lowest BCUT2D eigenvalue weighted by molar-refractivity contribution is 0.534. The van der Waals surface area contributed by atoms with Crippen LogP contribution in [0, 0.1) is 0 Å². The molecule has 5 nitrogen and oxygen atoms in total. The molecule has 118 valence electrons. The first-order chi connectivity index (χ1) is 9.84. The van der Waals surface area contributed by atoms with E-state index in [1.807, 2.05) is 30.3 Å². The van der Waals surface area contributed by atoms with Crippen LogP contribution in [0.2, 0.25) is 0 Å². The highest BCUT2D eigenvalue weighted by Crippen LogP contribution is 2.22. The molecule has 0 bridgehead atoms. The molecule has 1 aromatic rings. The van der Waals surface area contributed by atoms with Gasteiger partial charge in [0.2, 0.25) is 10.0 Å². The Morgan fingerprint density at radius 1 is 1.19 bits per heavy atom. The number of hydrogen-bond donors (Lipinski definition) is 1. The molecule has 1 fully saturated rings. The van der Waals surface area contributed by atoms with Crippen molar-refractivity contribution in [3.63, 3.8) is 0 Å². The summed E-state index contributed by atoms with van der Waals surface area (Å²) in [5, 5.41) is -0.173. The molecular weight excluding hydrogens is 378 g/mol. The Hall–Kier alpha value is -0.440. The molecular formula is C13H18BrNO4S2. The molecule has 21 heavy (non-hydrogen) atoms. The van der Waals surface area contributed by atoms with E-state index in [2.05, 4.69) is 20.7 Å². The molecule has 1 saturated heterocycles. The van der Waals surface area contributed by atoms with Gasteiger partial charge in [-0.15, -0.1) is 0 Å². The van der Waals surface area contributed by atoms with Crippen molar-refractivity contribution in [1.29, 1.82) is 0 Å². The van der Waals surface area contributed by atoms with Crippen molar-refractivity contribution in [2.75, 3.05) is 16.8 Å². The van der Waals surface area contributed by atoms with E-state index in [4.69, 9.17) is 0 Å². The zero-order valence-corrected chi connectivity index (χ0v) is 14.6. The molecule has 0 aliphatic carbocycles. The van der Waals surface area contributed by atoms with Gasteiger partial charge in [0.05, 0.1) is 22.8 Å². The average Bonchev–Trinajstić information content (AvgIpc) is 2.45. The number of benzene rings is 1. The van der Waals surface area contributed by atoms with Crippen molar-refractivity contribution in [3.05, 3.63) is 35.9 Å². The molecule has 1 N–H and O–H groups in total. The van der Waals surface area contributed by atoms with E-state index in [1.54, 1.807) is 0 Å². The fraction of sp³-hybridized carbons (Fsp3) is 0.538. The Balaban J connectivity index is 2.10. The minimum atomic E-state index is -3.54. The van der Waals surface area contributed by atoms with Gasteiger partial charge in [-0.3, -0.25) is 0 Å². The highest BCUT2D eigenvalue weighted by atomic mass is 79.9. The summed E-state index contributed by atoms with van der Waals surface area (Å²) in [5.74, 6) is -0.105. The van der Waals surface area contributed by atoms with Gasteiger partial charge < -0.3 is 0 Å². The Morgan fingerprint density at radius 3 is 2.29 bits per heavy atom. The summed E-state index contributed by atoms with van der Waals surface area (Å²) < 4.78 is 50.3. The normalized spacial score (nSPS) is 21.0. The monoisotopic (exact) mass is 395 g/mol. The van der Waals surface area contributed by atoms with E-state index >= 15 is 0 Å². The number of hydrogen-bond acceptors (Lipinski definition) is 4. The third-order valence-corrected chi connectivity index (χ3v) is 7.93. The predicted molar refractivity (Wildman–Crippen MR) is 86.7 cm³/mol. The van der Waals surface area contributed by atoms with Crippen molar-refractivity contribution in [2.45, 2.75) is 24.1 Å². The summed E-state index contributed by atoms with van der Waals surface area (Å²) in [7, 11) is -6.60. The summed E-state index contributed by atoms with van der Waals surface area (Å²) in [6.07, 6.45) is 0.336. The maximum absolute atomic E-state index is 12.4. The van der Waals surface area contributed by atoms with Crippen LogP contribution in [-0.2, 0) is 19.9 Å². The third kappa shape index (κ3) is 4.51. The van der Waals surface area contributed by atoms with Crippen LogP contribution in [0.3, 0.4) is 0 Å². The molecule has 1 aliphatic heterocycles. The zero-order valence-electron chi connectivity index (χ0n) is 11.4. The van der Waals surface area contributed by atoms with E-state index in [0.29, 0.717) is 5.33 Å².